The van der Waals surface area contributed by atoms with Gasteiger partial charge in [-0.15, -0.1) is 0 Å². The monoisotopic (exact) mass is 296 g/mol. The molecule has 5 heteroatoms. The molecule has 5 nitrogen and oxygen atoms in total. The van der Waals surface area contributed by atoms with E-state index >= 15 is 0 Å². The summed E-state index contributed by atoms with van der Waals surface area (Å²) in [6, 6.07) is 5.88. The molecular formula is C16H24O5. The number of aryl methyl sites for hydroxylation is 1. The van der Waals surface area contributed by atoms with Crippen molar-refractivity contribution in [3.8, 4) is 5.75 Å². The summed E-state index contributed by atoms with van der Waals surface area (Å²) >= 11 is 0. The first-order valence-corrected chi connectivity index (χ1v) is 6.86. The minimum atomic E-state index is -0.659. The van der Waals surface area contributed by atoms with Crippen LogP contribution < -0.4 is 4.74 Å². The molecule has 0 amide bonds. The van der Waals surface area contributed by atoms with Crippen LogP contribution in [0.4, 0.5) is 0 Å². The molecule has 0 fully saturated rings. The van der Waals surface area contributed by atoms with Gasteiger partial charge in [0, 0.05) is 26.2 Å². The van der Waals surface area contributed by atoms with Crippen LogP contribution in [0.5, 0.6) is 5.75 Å². The van der Waals surface area contributed by atoms with E-state index in [1.54, 1.807) is 14.2 Å². The molecule has 1 unspecified atom stereocenters. The van der Waals surface area contributed by atoms with Crippen molar-refractivity contribution >= 4 is 6.29 Å². The summed E-state index contributed by atoms with van der Waals surface area (Å²) < 4.78 is 21.4. The lowest BCUT2D eigenvalue weighted by Gasteiger charge is -2.31. The lowest BCUT2D eigenvalue weighted by atomic mass is 9.89. The fourth-order valence-corrected chi connectivity index (χ4v) is 2.12. The number of rotatable bonds is 10. The van der Waals surface area contributed by atoms with Crippen LogP contribution in [0, 0.1) is 6.92 Å². The maximum Gasteiger partial charge on any atom is 0.188 e. The summed E-state index contributed by atoms with van der Waals surface area (Å²) in [6.45, 7) is 4.22. The number of aldehydes is 1. The molecule has 118 valence electrons. The van der Waals surface area contributed by atoms with Crippen molar-refractivity contribution in [1.29, 1.82) is 0 Å². The Morgan fingerprint density at radius 1 is 1.19 bits per heavy atom. The van der Waals surface area contributed by atoms with E-state index in [0.29, 0.717) is 18.6 Å². The van der Waals surface area contributed by atoms with Gasteiger partial charge in [0.2, 0.25) is 0 Å². The van der Waals surface area contributed by atoms with Gasteiger partial charge in [-0.25, -0.2) is 0 Å². The molecule has 1 atom stereocenters. The molecule has 1 aromatic carbocycles. The quantitative estimate of drug-likeness (QED) is 0.491. The second kappa shape index (κ2) is 8.77. The lowest BCUT2D eigenvalue weighted by molar-refractivity contribution is -0.135. The Balaban J connectivity index is 3.11. The zero-order valence-corrected chi connectivity index (χ0v) is 13.2. The highest BCUT2D eigenvalue weighted by Gasteiger charge is 2.30. The van der Waals surface area contributed by atoms with Crippen molar-refractivity contribution in [3.63, 3.8) is 0 Å². The summed E-state index contributed by atoms with van der Waals surface area (Å²) in [5.74, 6) is 0.696. The summed E-state index contributed by atoms with van der Waals surface area (Å²) in [7, 11) is 3.14. The number of carbonyl (C=O) groups is 1. The largest absolute Gasteiger partial charge is 0.467 e. The molecule has 0 saturated carbocycles. The molecule has 0 saturated heterocycles. The van der Waals surface area contributed by atoms with Crippen LogP contribution in [0.25, 0.3) is 0 Å². The van der Waals surface area contributed by atoms with Gasteiger partial charge in [0.25, 0.3) is 0 Å². The maximum absolute atomic E-state index is 10.7. The van der Waals surface area contributed by atoms with Gasteiger partial charge in [-0.05, 0) is 31.9 Å². The minimum Gasteiger partial charge on any atom is -0.467 e. The number of ether oxygens (including phenoxy) is 4. The van der Waals surface area contributed by atoms with Crippen LogP contribution in [0.15, 0.2) is 18.2 Å². The third-order valence-corrected chi connectivity index (χ3v) is 3.27. The first-order chi connectivity index (χ1) is 10.1. The van der Waals surface area contributed by atoms with E-state index in [-0.39, 0.29) is 13.6 Å². The van der Waals surface area contributed by atoms with Gasteiger partial charge in [-0.2, -0.15) is 0 Å². The Morgan fingerprint density at radius 2 is 1.90 bits per heavy atom. The summed E-state index contributed by atoms with van der Waals surface area (Å²) in [5, 5.41) is 0. The summed E-state index contributed by atoms with van der Waals surface area (Å²) in [5.41, 5.74) is 1.30. The SMILES string of the molecule is COCOc1cc(C)ccc1C(C)(CCC=O)OCOC. The fourth-order valence-electron chi connectivity index (χ4n) is 2.12. The standard InChI is InChI=1S/C16H24O5/c1-13-6-7-14(15(10-13)20-11-18-3)16(2,8-5-9-17)21-12-19-4/h6-7,9-10H,5,8,11-12H2,1-4H3. The second-order valence-electron chi connectivity index (χ2n) is 5.04. The number of hydrogen-bond donors (Lipinski definition) is 0. The molecule has 0 N–H and O–H groups in total. The topological polar surface area (TPSA) is 54.0 Å². The molecule has 0 aliphatic heterocycles. The molecule has 0 bridgehead atoms. The Labute approximate surface area is 126 Å². The van der Waals surface area contributed by atoms with Crippen LogP contribution in [0.2, 0.25) is 0 Å². The minimum absolute atomic E-state index is 0.146. The predicted molar refractivity (Wildman–Crippen MR) is 79.3 cm³/mol. The van der Waals surface area contributed by atoms with Crippen molar-refractivity contribution in [3.05, 3.63) is 29.3 Å². The molecule has 0 aliphatic rings. The maximum atomic E-state index is 10.7. The molecule has 0 aliphatic carbocycles. The summed E-state index contributed by atoms with van der Waals surface area (Å²) in [4.78, 5) is 10.7. The zero-order chi connectivity index (χ0) is 15.7. The molecule has 0 radical (unpaired) electrons. The highest BCUT2D eigenvalue weighted by Crippen LogP contribution is 2.37. The Bertz CT molecular complexity index is 446. The van der Waals surface area contributed by atoms with E-state index in [2.05, 4.69) is 0 Å². The van der Waals surface area contributed by atoms with E-state index in [1.807, 2.05) is 32.0 Å². The molecule has 0 spiro atoms. The highest BCUT2D eigenvalue weighted by molar-refractivity contribution is 5.50. The Morgan fingerprint density at radius 3 is 2.52 bits per heavy atom. The van der Waals surface area contributed by atoms with Gasteiger partial charge in [-0.3, -0.25) is 0 Å². The Hall–Kier alpha value is -1.43. The third-order valence-electron chi connectivity index (χ3n) is 3.27. The van der Waals surface area contributed by atoms with Gasteiger partial charge in [-0.1, -0.05) is 12.1 Å². The van der Waals surface area contributed by atoms with Crippen LogP contribution in [-0.2, 0) is 24.6 Å². The number of hydrogen-bond acceptors (Lipinski definition) is 5. The van der Waals surface area contributed by atoms with Crippen molar-refractivity contribution < 1.29 is 23.7 Å². The molecule has 1 aromatic rings. The van der Waals surface area contributed by atoms with Crippen molar-refractivity contribution in [2.75, 3.05) is 27.8 Å². The molecule has 21 heavy (non-hydrogen) atoms. The number of carbonyl (C=O) groups excluding carboxylic acids is 1. The van der Waals surface area contributed by atoms with Crippen LogP contribution >= 0.6 is 0 Å². The zero-order valence-electron chi connectivity index (χ0n) is 13.2. The smallest absolute Gasteiger partial charge is 0.188 e. The van der Waals surface area contributed by atoms with E-state index < -0.39 is 5.60 Å². The molecule has 0 aromatic heterocycles. The number of methoxy groups -OCH3 is 2. The van der Waals surface area contributed by atoms with Crippen LogP contribution in [0.1, 0.15) is 30.9 Å². The fraction of sp³-hybridized carbons (Fsp3) is 0.562. The summed E-state index contributed by atoms with van der Waals surface area (Å²) in [6.07, 6.45) is 1.84. The normalized spacial score (nSPS) is 13.7. The van der Waals surface area contributed by atoms with E-state index in [9.17, 15) is 4.79 Å². The number of benzene rings is 1. The van der Waals surface area contributed by atoms with E-state index in [0.717, 1.165) is 17.4 Å². The van der Waals surface area contributed by atoms with Gasteiger partial charge in [0.15, 0.2) is 6.79 Å². The van der Waals surface area contributed by atoms with Crippen LogP contribution in [-0.4, -0.2) is 34.1 Å². The highest BCUT2D eigenvalue weighted by atomic mass is 16.7. The van der Waals surface area contributed by atoms with Gasteiger partial charge < -0.3 is 23.7 Å². The lowest BCUT2D eigenvalue weighted by Crippen LogP contribution is -2.28. The second-order valence-corrected chi connectivity index (χ2v) is 5.04. The first kappa shape index (κ1) is 17.6. The first-order valence-electron chi connectivity index (χ1n) is 6.86. The van der Waals surface area contributed by atoms with Crippen molar-refractivity contribution in [2.24, 2.45) is 0 Å². The van der Waals surface area contributed by atoms with Crippen molar-refractivity contribution in [2.45, 2.75) is 32.3 Å². The predicted octanol–water partition coefficient (Wildman–Crippen LogP) is 2.79. The van der Waals surface area contributed by atoms with Gasteiger partial charge in [0.1, 0.15) is 18.8 Å². The molecular weight excluding hydrogens is 272 g/mol. The van der Waals surface area contributed by atoms with E-state index in [1.165, 1.54) is 0 Å². The third kappa shape index (κ3) is 5.12. The van der Waals surface area contributed by atoms with Gasteiger partial charge >= 0.3 is 0 Å². The molecule has 0 heterocycles. The van der Waals surface area contributed by atoms with Crippen LogP contribution in [0.3, 0.4) is 0 Å². The Kier molecular flexibility index (Phi) is 7.36. The average Bonchev–Trinajstić information content (AvgIpc) is 2.49. The average molecular weight is 296 g/mol. The van der Waals surface area contributed by atoms with Gasteiger partial charge in [0.05, 0.1) is 5.60 Å². The van der Waals surface area contributed by atoms with E-state index in [4.69, 9.17) is 18.9 Å². The molecule has 1 rings (SSSR count). The van der Waals surface area contributed by atoms with Crippen molar-refractivity contribution in [1.82, 2.24) is 0 Å².